The molecule has 13 aliphatic rings. The second-order valence-electron chi connectivity index (χ2n) is 21.3. The number of nitrogens with zero attached hydrogens (tertiary/aromatic N) is 4. The Balaban J connectivity index is 0.826. The number of fused-ring (bicyclic) bond motifs is 10. The lowest BCUT2D eigenvalue weighted by Crippen LogP contribution is -2.73. The minimum atomic E-state index is -0.0179. The lowest BCUT2D eigenvalue weighted by Gasteiger charge is -2.50. The number of hydrogen-bond acceptors (Lipinski definition) is 7. The lowest BCUT2D eigenvalue weighted by atomic mass is 9.74. The fourth-order valence-corrected chi connectivity index (χ4v) is 15.8. The highest BCUT2D eigenvalue weighted by atomic mass is 15.6. The summed E-state index contributed by atoms with van der Waals surface area (Å²) in [7, 11) is 0. The normalized spacial score (nSPS) is 40.1. The first kappa shape index (κ1) is 38.7. The summed E-state index contributed by atoms with van der Waals surface area (Å²) in [6, 6.07) is 12.2. The van der Waals surface area contributed by atoms with Crippen molar-refractivity contribution < 1.29 is 0 Å². The maximum atomic E-state index is 4.27. The molecule has 1 aromatic rings. The molecule has 7 heteroatoms. The van der Waals surface area contributed by atoms with E-state index in [4.69, 9.17) is 0 Å². The molecule has 64 heavy (non-hydrogen) atoms. The maximum absolute atomic E-state index is 4.27. The Kier molecular flexibility index (Phi) is 9.38. The predicted octanol–water partition coefficient (Wildman–Crippen LogP) is 10.6. The van der Waals surface area contributed by atoms with Crippen molar-refractivity contribution in [3.63, 3.8) is 0 Å². The monoisotopic (exact) mass is 850 g/mol. The Labute approximate surface area is 381 Å². The van der Waals surface area contributed by atoms with Gasteiger partial charge in [-0.3, -0.25) is 16.0 Å². The molecule has 0 spiro atoms. The topological polar surface area (TPSA) is 49.1 Å². The first-order valence-electron chi connectivity index (χ1n) is 25.9. The summed E-state index contributed by atoms with van der Waals surface area (Å²) in [5, 5.41) is 12.7. The van der Waals surface area contributed by atoms with Crippen LogP contribution in [0.5, 0.6) is 0 Å². The first-order chi connectivity index (χ1) is 31.8. The highest BCUT2D eigenvalue weighted by Gasteiger charge is 2.56. The third-order valence-electron chi connectivity index (χ3n) is 18.3. The van der Waals surface area contributed by atoms with Crippen LogP contribution in [0.1, 0.15) is 114 Å². The molecule has 14 rings (SSSR count). The second kappa shape index (κ2) is 15.5. The van der Waals surface area contributed by atoms with E-state index < -0.39 is 0 Å². The van der Waals surface area contributed by atoms with Gasteiger partial charge in [0.15, 0.2) is 0 Å². The molecule has 13 unspecified atom stereocenters. The summed E-state index contributed by atoms with van der Waals surface area (Å²) in [4.78, 5) is 11.3. The van der Waals surface area contributed by atoms with Crippen LogP contribution in [0, 0.1) is 29.6 Å². The van der Waals surface area contributed by atoms with Gasteiger partial charge in [-0.25, -0.2) is 0 Å². The molecule has 13 atom stereocenters. The van der Waals surface area contributed by atoms with Crippen molar-refractivity contribution in [1.29, 1.82) is 0 Å². The van der Waals surface area contributed by atoms with Gasteiger partial charge in [0, 0.05) is 58.2 Å². The molecule has 3 N–H and O–H groups in total. The summed E-state index contributed by atoms with van der Waals surface area (Å²) >= 11 is 0. The second-order valence-corrected chi connectivity index (χ2v) is 21.3. The minimum Gasteiger partial charge on any atom is -0.361 e. The molecule has 330 valence electrons. The predicted molar refractivity (Wildman–Crippen MR) is 258 cm³/mol. The molecule has 1 aromatic carbocycles. The van der Waals surface area contributed by atoms with Gasteiger partial charge in [-0.2, -0.15) is 0 Å². The molecular weight excluding hydrogens is 783 g/mol. The van der Waals surface area contributed by atoms with Crippen LogP contribution in [-0.4, -0.2) is 57.5 Å². The molecule has 3 fully saturated rings. The molecular formula is C57H67N7. The van der Waals surface area contributed by atoms with Crippen molar-refractivity contribution in [2.24, 2.45) is 29.6 Å². The Morgan fingerprint density at radius 1 is 0.531 bits per heavy atom. The summed E-state index contributed by atoms with van der Waals surface area (Å²) < 4.78 is 0. The number of likely N-dealkylation sites (tertiary alicyclic amines) is 1. The van der Waals surface area contributed by atoms with Crippen LogP contribution in [0.4, 0.5) is 5.69 Å². The zero-order valence-corrected chi connectivity index (χ0v) is 37.6. The molecule has 1 saturated carbocycles. The Morgan fingerprint density at radius 3 is 2.23 bits per heavy atom. The van der Waals surface area contributed by atoms with E-state index in [0.717, 1.165) is 25.7 Å². The maximum Gasteiger partial charge on any atom is 0.139 e. The van der Waals surface area contributed by atoms with E-state index in [1.165, 1.54) is 99.6 Å². The molecule has 5 aliphatic heterocycles. The summed E-state index contributed by atoms with van der Waals surface area (Å²) in [5.74, 6) is 2.86. The van der Waals surface area contributed by atoms with Crippen LogP contribution in [0.2, 0.25) is 0 Å². The van der Waals surface area contributed by atoms with Gasteiger partial charge in [-0.05, 0) is 136 Å². The van der Waals surface area contributed by atoms with Crippen molar-refractivity contribution in [2.45, 2.75) is 152 Å². The highest BCUT2D eigenvalue weighted by molar-refractivity contribution is 5.63. The molecule has 2 saturated heterocycles. The van der Waals surface area contributed by atoms with E-state index in [9.17, 15) is 0 Å². The Hall–Kier alpha value is -4.56. The Bertz CT molecular complexity index is 2420. The van der Waals surface area contributed by atoms with Crippen molar-refractivity contribution >= 4 is 5.69 Å². The summed E-state index contributed by atoms with van der Waals surface area (Å²) in [6.45, 7) is 0. The zero-order valence-electron chi connectivity index (χ0n) is 37.6. The van der Waals surface area contributed by atoms with Gasteiger partial charge < -0.3 is 19.6 Å². The molecule has 0 amide bonds. The van der Waals surface area contributed by atoms with Gasteiger partial charge in [0.05, 0.1) is 30.3 Å². The quantitative estimate of drug-likeness (QED) is 0.255. The van der Waals surface area contributed by atoms with Gasteiger partial charge in [-0.15, -0.1) is 0 Å². The van der Waals surface area contributed by atoms with Crippen LogP contribution in [0.3, 0.4) is 0 Å². The summed E-state index contributed by atoms with van der Waals surface area (Å²) in [6.07, 6.45) is 56.6. The number of rotatable bonds is 5. The van der Waals surface area contributed by atoms with Crippen LogP contribution < -0.4 is 20.9 Å². The number of allylic oxidation sites excluding steroid dienone is 13. The van der Waals surface area contributed by atoms with Crippen LogP contribution in [0.25, 0.3) is 0 Å². The fraction of sp³-hybridized carbons (Fsp3) is 0.509. The van der Waals surface area contributed by atoms with Crippen LogP contribution >= 0.6 is 0 Å². The molecule has 7 nitrogen and oxygen atoms in total. The average molecular weight is 850 g/mol. The molecule has 0 radical (unpaired) electrons. The van der Waals surface area contributed by atoms with Crippen LogP contribution in [0.15, 0.2) is 155 Å². The molecule has 5 heterocycles. The lowest BCUT2D eigenvalue weighted by molar-refractivity contribution is 0.00764. The van der Waals surface area contributed by atoms with Gasteiger partial charge in [0.1, 0.15) is 12.6 Å². The van der Waals surface area contributed by atoms with Gasteiger partial charge >= 0.3 is 0 Å². The zero-order chi connectivity index (χ0) is 41.9. The standard InChI is InChI=1S/C57H67N7/c1-2-16-37(17-3-1)61-51-29-15-9-23-45(51)53-52(61)35-34-44-43-22-8-10-24-46(43)62(54(44)53)38-32-30-36(31-33-38)55-58-56(63-47-25-11-4-18-39(47)40-19-5-12-26-48(40)63)60-57(59-55)64-49-27-13-6-20-41(49)42-21-7-14-28-50(42)64/h1-2,4-5,11,13,15-16,18-19,25,27,29-35,39,41,43,45-47,49,51-53,55-60H,3,6-10,12,14,17,20-24,26,28H2. The molecule has 0 aromatic heterocycles. The third kappa shape index (κ3) is 5.88. The van der Waals surface area contributed by atoms with Crippen molar-refractivity contribution in [1.82, 2.24) is 30.7 Å². The number of anilines is 1. The van der Waals surface area contributed by atoms with E-state index in [2.05, 4.69) is 151 Å². The van der Waals surface area contributed by atoms with E-state index in [-0.39, 0.29) is 18.7 Å². The van der Waals surface area contributed by atoms with Crippen molar-refractivity contribution in [3.05, 3.63) is 160 Å². The Morgan fingerprint density at radius 2 is 1.34 bits per heavy atom. The van der Waals surface area contributed by atoms with Crippen LogP contribution in [-0.2, 0) is 0 Å². The number of hydrogen-bond donors (Lipinski definition) is 3. The van der Waals surface area contributed by atoms with E-state index in [1.54, 1.807) is 28.2 Å². The average Bonchev–Trinajstić information content (AvgIpc) is 4.09. The van der Waals surface area contributed by atoms with Gasteiger partial charge in [-0.1, -0.05) is 110 Å². The largest absolute Gasteiger partial charge is 0.361 e. The minimum absolute atomic E-state index is 0.0105. The van der Waals surface area contributed by atoms with E-state index in [1.807, 2.05) is 0 Å². The van der Waals surface area contributed by atoms with E-state index >= 15 is 0 Å². The first-order valence-corrected chi connectivity index (χ1v) is 25.9. The SMILES string of the molecule is C1=CCCC(N2C3C=CCCC3C3C4=C(C=CC32)C2CCCCC2N4c2ccc(C3NC(N4C5=C(C=CCC5)C5C=CC=CC54)NC(N4C5=C(CCCC5)C5CCC=CC54)N3)cc2)=C1. The van der Waals surface area contributed by atoms with Gasteiger partial charge in [0.25, 0.3) is 0 Å². The third-order valence-corrected chi connectivity index (χ3v) is 18.3. The molecule has 0 bridgehead atoms. The van der Waals surface area contributed by atoms with E-state index in [0.29, 0.717) is 59.8 Å². The highest BCUT2D eigenvalue weighted by Crippen LogP contribution is 2.57. The number of benzene rings is 1. The van der Waals surface area contributed by atoms with Gasteiger partial charge in [0.2, 0.25) is 0 Å². The number of nitrogens with one attached hydrogen (secondary N) is 3. The van der Waals surface area contributed by atoms with Crippen molar-refractivity contribution in [2.75, 3.05) is 4.90 Å². The molecule has 8 aliphatic carbocycles. The van der Waals surface area contributed by atoms with Crippen molar-refractivity contribution in [3.8, 4) is 0 Å². The summed E-state index contributed by atoms with van der Waals surface area (Å²) in [5.41, 5.74) is 14.1. The smallest absolute Gasteiger partial charge is 0.139 e. The fourth-order valence-electron chi connectivity index (χ4n) is 15.8.